The Morgan fingerprint density at radius 3 is 0.979 bits per heavy atom. The van der Waals surface area contributed by atoms with Crippen LogP contribution in [0.3, 0.4) is 0 Å². The van der Waals surface area contributed by atoms with E-state index < -0.39 is 322 Å². The first-order chi connectivity index (χ1) is 66.9. The van der Waals surface area contributed by atoms with Gasteiger partial charge in [0.25, 0.3) is 0 Å². The number of aliphatic hydroxyl groups is 17. The third-order valence-electron chi connectivity index (χ3n) is 28.9. The fourth-order valence-corrected chi connectivity index (χ4v) is 20.3. The smallest absolute Gasteiger partial charge is 0.394 e. The molecule has 55 N–H and O–H groups in total. The summed E-state index contributed by atoms with van der Waals surface area (Å²) in [5, 5.41) is 191. The van der Waals surface area contributed by atoms with Crippen LogP contribution >= 0.6 is 0 Å². The van der Waals surface area contributed by atoms with E-state index in [4.69, 9.17) is 195 Å². The minimum atomic E-state index is -4.67. The Morgan fingerprint density at radius 2 is 0.629 bits per heavy atom. The minimum Gasteiger partial charge on any atom is -0.394 e. The lowest BCUT2D eigenvalue weighted by molar-refractivity contribution is -0.310. The molecule has 0 aromatic rings. The minimum absolute atomic E-state index is 0.0620. The number of nitrogens with one attached hydrogen (secondary N) is 4. The number of ether oxygens (including phenoxy) is 18. The van der Waals surface area contributed by atoms with Crippen molar-refractivity contribution in [2.24, 2.45) is 91.7 Å². The molecule has 842 valence electrons. The van der Waals surface area contributed by atoms with Crippen LogP contribution in [-0.4, -0.2) is 526 Å². The molecular weight excluding hydrogens is 1930 g/mol. The Hall–Kier alpha value is -2.33. The zero-order valence-electron chi connectivity index (χ0n) is 82.0. The van der Waals surface area contributed by atoms with Gasteiger partial charge >= 0.3 is 10.4 Å². The lowest BCUT2D eigenvalue weighted by atomic mass is 9.84. The fraction of sp³-hybridized carbons (Fsp3) is 1.00. The predicted octanol–water partition coefficient (Wildman–Crippen LogP) is -20.4. The maximum atomic E-state index is 11.1. The molecule has 0 aromatic carbocycles. The summed E-state index contributed by atoms with van der Waals surface area (Å²) in [5.41, 5.74) is 93.8. The molecule has 0 amide bonds. The molecule has 0 aromatic heterocycles. The molecule has 0 unspecified atom stereocenters. The second kappa shape index (κ2) is 54.2. The first-order valence-electron chi connectivity index (χ1n) is 48.5. The van der Waals surface area contributed by atoms with Crippen LogP contribution in [0.25, 0.3) is 0 Å². The first kappa shape index (κ1) is 124. The topological polar surface area (TPSA) is 1050 Å². The zero-order valence-corrected chi connectivity index (χ0v) is 82.8. The quantitative estimate of drug-likeness (QED) is 0.0324. The zero-order chi connectivity index (χ0) is 107. The molecule has 59 nitrogen and oxygen atoms in total. The molecule has 60 heteroatoms. The highest BCUT2D eigenvalue weighted by Gasteiger charge is 2.60. The third-order valence-corrected chi connectivity index (χ3v) is 28.9. The van der Waals surface area contributed by atoms with Crippen molar-refractivity contribution in [1.29, 1.82) is 0 Å². The lowest BCUT2D eigenvalue weighted by Gasteiger charge is -2.48. The Kier molecular flexibility index (Phi) is 47.0. The van der Waals surface area contributed by atoms with Crippen molar-refractivity contribution < 1.29 is 190 Å². The Balaban J connectivity index is 0.000000210. The maximum absolute atomic E-state index is 11.1. The van der Waals surface area contributed by atoms with Gasteiger partial charge in [-0.05, 0) is 127 Å². The van der Waals surface area contributed by atoms with Gasteiger partial charge in [-0.3, -0.25) is 9.11 Å². The van der Waals surface area contributed by atoms with Crippen LogP contribution in [0.4, 0.5) is 0 Å². The van der Waals surface area contributed by atoms with Crippen LogP contribution in [0.15, 0.2) is 0 Å². The van der Waals surface area contributed by atoms with Crippen molar-refractivity contribution in [1.82, 2.24) is 21.3 Å². The van der Waals surface area contributed by atoms with Crippen molar-refractivity contribution in [3.63, 3.8) is 0 Å². The fourth-order valence-electron chi connectivity index (χ4n) is 20.3. The van der Waals surface area contributed by atoms with E-state index >= 15 is 0 Å². The summed E-state index contributed by atoms with van der Waals surface area (Å²) in [5.74, 6) is 0. The second-order valence-corrected chi connectivity index (χ2v) is 41.3. The normalized spacial score (nSPS) is 50.5. The van der Waals surface area contributed by atoms with Crippen LogP contribution in [0.5, 0.6) is 0 Å². The van der Waals surface area contributed by atoms with Crippen LogP contribution in [0, 0.1) is 0 Å². The highest BCUT2D eigenvalue weighted by molar-refractivity contribution is 7.79. The van der Waals surface area contributed by atoms with Crippen molar-refractivity contribution >= 4 is 10.4 Å². The predicted molar refractivity (Wildman–Crippen MR) is 496 cm³/mol. The van der Waals surface area contributed by atoms with Crippen molar-refractivity contribution in [2.45, 2.75) is 446 Å². The summed E-state index contributed by atoms with van der Waals surface area (Å²) in [7, 11) is 2.07. The van der Waals surface area contributed by atoms with E-state index in [1.54, 1.807) is 41.9 Å². The summed E-state index contributed by atoms with van der Waals surface area (Å²) >= 11 is 0. The number of likely N-dealkylation sites (N-methyl/N-ethyl adjacent to an activating group) is 4. The third kappa shape index (κ3) is 30.9. The second-order valence-electron chi connectivity index (χ2n) is 40.4. The number of rotatable bonds is 28. The van der Waals surface area contributed by atoms with Gasteiger partial charge in [0.1, 0.15) is 157 Å². The summed E-state index contributed by atoms with van der Waals surface area (Å²) in [6.07, 6.45) is -33.8. The van der Waals surface area contributed by atoms with Gasteiger partial charge in [-0.1, -0.05) is 0 Å². The van der Waals surface area contributed by atoms with Crippen molar-refractivity contribution in [3.8, 4) is 0 Å². The molecule has 0 bridgehead atoms. The van der Waals surface area contributed by atoms with Gasteiger partial charge in [-0.2, -0.15) is 8.42 Å². The number of aliphatic hydroxyl groups excluding tert-OH is 14. The van der Waals surface area contributed by atoms with Gasteiger partial charge in [-0.15, -0.1) is 0 Å². The number of hydrogen-bond acceptors (Lipinski definition) is 57. The van der Waals surface area contributed by atoms with E-state index in [1.807, 2.05) is 20.9 Å². The first-order valence-corrected chi connectivity index (χ1v) is 49.9. The van der Waals surface area contributed by atoms with E-state index in [1.165, 1.54) is 0 Å². The largest absolute Gasteiger partial charge is 0.394 e. The molecule has 4 aliphatic carbocycles. The Morgan fingerprint density at radius 1 is 0.329 bits per heavy atom. The molecule has 13 aliphatic rings. The van der Waals surface area contributed by atoms with Gasteiger partial charge in [0, 0.05) is 73.5 Å². The molecule has 9 heterocycles. The molecular formula is C83H170N20O39S. The molecule has 9 saturated heterocycles. The summed E-state index contributed by atoms with van der Waals surface area (Å²) in [4.78, 5) is 0. The van der Waals surface area contributed by atoms with E-state index in [2.05, 4.69) is 21.3 Å². The monoisotopic (exact) mass is 2100 g/mol. The van der Waals surface area contributed by atoms with Crippen LogP contribution in [0.2, 0.25) is 0 Å². The average Bonchev–Trinajstić information content (AvgIpc) is 1.74. The van der Waals surface area contributed by atoms with E-state index in [-0.39, 0.29) is 81.3 Å². The molecule has 4 saturated carbocycles. The molecule has 9 aliphatic heterocycles. The summed E-state index contributed by atoms with van der Waals surface area (Å²) in [6, 6.07) is -11.1. The van der Waals surface area contributed by atoms with Gasteiger partial charge in [0.15, 0.2) is 56.6 Å². The highest BCUT2D eigenvalue weighted by atomic mass is 32.3. The molecule has 0 spiro atoms. The van der Waals surface area contributed by atoms with Crippen LogP contribution < -0.4 is 113 Å². The average molecular weight is 2100 g/mol. The number of nitrogens with two attached hydrogens (primary N) is 16. The van der Waals surface area contributed by atoms with Crippen LogP contribution in [0.1, 0.15) is 98.8 Å². The van der Waals surface area contributed by atoms with E-state index in [9.17, 15) is 86.8 Å². The standard InChI is InChI=1S/C23H45N5O14.C21H43N5O7.C20H41N5O7.C19H39N5O7.H2O4S/c24-2-7-13(32)15(34)10(27)21(37-7)41-19-9(4-30)39-23(17(19)36)42-20-12(31)5(25)1-6(26)18(20)40-22-11(28)16(35)14(33)8(3-29)38-22;1-9(25-3)13-6-5-10(22)19(31-13)32-16-11(23)7-12(24)17(14(16)27)33-20-15(28)18(26-4)21(2,29)8-30-20;1-8(21)12-5-4-9(22)18(30-12)31-15-10(23)6-11(24)16(13(15)26)32-19-14(27)17(25-3)20(2,28)7-29-19;1-19(27)7-28-18(13(26)16(19)24-2)31-15-11(23)5-10(22)14(12(15)25)30-17-9(21)4-3-8(6-20)29-17;1-5(2,3)4/h5-23,29-36H,1-4,24-28H2;9-20,25-29H,5-8,22-24H2,1-4H3;8-19,25-28H,4-7,21-24H2,1-3H3;8-18,24-27H,3-7,20-23H2,1-2H3;(H2,1,2,3,4)/t5-,6+,7+,8-,9-,10-,11-,12+,13-,14-,15-,16-,17-,18-,19-,20-,21-,22-,23+;9-,10-,11+,12-,13+,14+,15-,16-,17+,18-,19-,20-,21+;8-,9-,10+,11-,12+,13+,14-,15-,16+,17-,18-,19-,20+;8-,9+,10-,11+,12-,13+,14+,15-,16+,17+,18+,19-;/m1110./s1. The number of hydrogen-bond donors (Lipinski definition) is 39. The molecule has 13 rings (SSSR count). The Bertz CT molecular complexity index is 3830. The van der Waals surface area contributed by atoms with Crippen molar-refractivity contribution in [3.05, 3.63) is 0 Å². The molecule has 13 fully saturated rings. The SMILES string of the molecule is CN[C@@H]1[C@@H](O)[C@@H](O[C@@H]2[C@@H](O)[C@H](O[C@H]3O[C@H](CN)CC[C@H]3N)[C@@H](N)C[C@H]2N)OC[C@]1(C)O.CN[C@@H]1[C@@H](O)[C@@H](O[C@@H]2[C@@H](O)[C@H](O[C@H]3O[C@H]([C@@H](C)N)CC[C@H]3N)[C@@H](N)C[C@H]2N)OC[C@]1(C)O.CN[C@@H]1[C@@H](O)[C@@H](O[C@@H]2[C@@H](O)[C@H](O[C@H]3O[C@H]([C@@H](C)NC)CC[C@H]3N)[C@@H](N)C[C@H]2N)OC[C@]1(C)O.NC[C@@H]1O[C@H](O[C@H]2[C@@H](O)[C@H](O[C@@H]3[C@@H](O)[C@H](N)C[C@H](N)[C@H]3O[C@H]3O[C@H](CO)[C@@H](O)[C@H](O)[C@H]3N)O[C@@H]2CO)[C@H](N)[C@@H](O)[C@@H]1O.O=S(=O)(O)O. The molecule has 0 radical (unpaired) electrons. The van der Waals surface area contributed by atoms with Gasteiger partial charge < -0.3 is 285 Å². The van der Waals surface area contributed by atoms with Gasteiger partial charge in [0.2, 0.25) is 0 Å². The molecule has 57 atom stereocenters. The lowest BCUT2D eigenvalue weighted by Crippen LogP contribution is -2.68. The van der Waals surface area contributed by atoms with E-state index in [0.29, 0.717) is 45.1 Å². The molecule has 143 heavy (non-hydrogen) atoms. The highest BCUT2D eigenvalue weighted by Crippen LogP contribution is 2.40. The van der Waals surface area contributed by atoms with E-state index in [0.717, 1.165) is 19.3 Å². The van der Waals surface area contributed by atoms with Gasteiger partial charge in [0.05, 0.1) is 106 Å². The Labute approximate surface area is 829 Å². The maximum Gasteiger partial charge on any atom is 0.394 e. The van der Waals surface area contributed by atoms with Crippen LogP contribution in [-0.2, 0) is 95.7 Å². The summed E-state index contributed by atoms with van der Waals surface area (Å²) < 4.78 is 136. The summed E-state index contributed by atoms with van der Waals surface area (Å²) in [6.45, 7) is 7.21. The van der Waals surface area contributed by atoms with Crippen molar-refractivity contribution in [2.75, 3.05) is 74.3 Å². The van der Waals surface area contributed by atoms with Gasteiger partial charge in [-0.25, -0.2) is 0 Å².